The molecule has 0 heterocycles. The Morgan fingerprint density at radius 1 is 1.35 bits per heavy atom. The molecule has 4 nitrogen and oxygen atoms in total. The second-order valence-electron chi connectivity index (χ2n) is 5.34. The fourth-order valence-corrected chi connectivity index (χ4v) is 2.78. The van der Waals surface area contributed by atoms with Gasteiger partial charge in [-0.05, 0) is 37.0 Å². The normalized spacial score (nSPS) is 24.9. The predicted octanol–water partition coefficient (Wildman–Crippen LogP) is 2.35. The first kappa shape index (κ1) is 14.1. The number of aliphatic carboxylic acids is 1. The van der Waals surface area contributed by atoms with E-state index >= 15 is 0 Å². The zero-order chi connectivity index (χ0) is 14.7. The monoisotopic (exact) mass is 271 g/mol. The minimum Gasteiger partial charge on any atom is -0.481 e. The van der Waals surface area contributed by atoms with E-state index in [1.165, 1.54) is 0 Å². The van der Waals surface area contributed by atoms with Gasteiger partial charge in [-0.25, -0.2) is 0 Å². The van der Waals surface area contributed by atoms with Gasteiger partial charge in [0.1, 0.15) is 0 Å². The van der Waals surface area contributed by atoms with Crippen LogP contribution in [0.2, 0.25) is 0 Å². The Bertz CT molecular complexity index is 573. The minimum atomic E-state index is -0.896. The van der Waals surface area contributed by atoms with Gasteiger partial charge in [-0.15, -0.1) is 6.42 Å². The summed E-state index contributed by atoms with van der Waals surface area (Å²) in [4.78, 5) is 23.5. The number of rotatable bonds is 3. The van der Waals surface area contributed by atoms with Crippen molar-refractivity contribution in [3.05, 3.63) is 29.8 Å². The van der Waals surface area contributed by atoms with E-state index in [1.807, 2.05) is 6.92 Å². The molecule has 1 saturated carbocycles. The smallest absolute Gasteiger partial charge is 0.307 e. The molecule has 0 radical (unpaired) electrons. The van der Waals surface area contributed by atoms with Crippen LogP contribution in [0, 0.1) is 30.1 Å². The van der Waals surface area contributed by atoms with Crippen LogP contribution in [0.3, 0.4) is 0 Å². The lowest BCUT2D eigenvalue weighted by atomic mass is 9.95. The summed E-state index contributed by atoms with van der Waals surface area (Å²) >= 11 is 0. The average molecular weight is 271 g/mol. The summed E-state index contributed by atoms with van der Waals surface area (Å²) in [6.07, 6.45) is 6.47. The summed E-state index contributed by atoms with van der Waals surface area (Å²) in [6, 6.07) is 6.98. The van der Waals surface area contributed by atoms with Crippen LogP contribution in [0.4, 0.5) is 5.69 Å². The minimum absolute atomic E-state index is 0.240. The molecule has 0 bridgehead atoms. The molecule has 104 valence electrons. The van der Waals surface area contributed by atoms with E-state index in [2.05, 4.69) is 11.2 Å². The van der Waals surface area contributed by atoms with Gasteiger partial charge in [0.05, 0.1) is 11.8 Å². The van der Waals surface area contributed by atoms with Crippen LogP contribution in [0.5, 0.6) is 0 Å². The highest BCUT2D eigenvalue weighted by Gasteiger charge is 2.41. The van der Waals surface area contributed by atoms with Gasteiger partial charge in [0.25, 0.3) is 0 Å². The third-order valence-electron chi connectivity index (χ3n) is 3.75. The van der Waals surface area contributed by atoms with Crippen LogP contribution in [0.25, 0.3) is 0 Å². The highest BCUT2D eigenvalue weighted by molar-refractivity contribution is 5.95. The molecule has 1 fully saturated rings. The molecular weight excluding hydrogens is 254 g/mol. The number of carbonyl (C=O) groups excluding carboxylic acids is 1. The second kappa shape index (κ2) is 5.79. The Morgan fingerprint density at radius 2 is 2.05 bits per heavy atom. The first-order valence-corrected chi connectivity index (χ1v) is 6.61. The molecule has 0 saturated heterocycles. The van der Waals surface area contributed by atoms with Gasteiger partial charge in [-0.2, -0.15) is 0 Å². The molecule has 1 amide bonds. The molecule has 2 N–H and O–H groups in total. The number of carboxylic acids is 1. The van der Waals surface area contributed by atoms with E-state index in [1.54, 1.807) is 24.3 Å². The van der Waals surface area contributed by atoms with Gasteiger partial charge in [-0.1, -0.05) is 18.9 Å². The molecule has 2 rings (SSSR count). The van der Waals surface area contributed by atoms with Gasteiger partial charge in [0.2, 0.25) is 5.91 Å². The first-order chi connectivity index (χ1) is 9.51. The molecule has 1 aliphatic carbocycles. The number of amides is 1. The summed E-state index contributed by atoms with van der Waals surface area (Å²) in [5.41, 5.74) is 1.28. The Balaban J connectivity index is 2.11. The Hall–Kier alpha value is -2.28. The maximum Gasteiger partial charge on any atom is 0.307 e. The molecule has 1 aromatic rings. The molecule has 0 aliphatic heterocycles. The van der Waals surface area contributed by atoms with Crippen molar-refractivity contribution >= 4 is 17.6 Å². The first-order valence-electron chi connectivity index (χ1n) is 6.61. The standard InChI is InChI=1S/C16H17NO3/c1-3-11-5-4-6-12(9-11)17-15(18)13-7-10(2)8-14(13)16(19)20/h1,4-6,9-10,13-14H,7-8H2,2H3,(H,17,18)(H,19,20)/t10?,13-,14+/m0/s1. The van der Waals surface area contributed by atoms with Gasteiger partial charge >= 0.3 is 5.97 Å². The second-order valence-corrected chi connectivity index (χ2v) is 5.34. The van der Waals surface area contributed by atoms with Crippen LogP contribution in [0.15, 0.2) is 24.3 Å². The average Bonchev–Trinajstić information content (AvgIpc) is 2.81. The van der Waals surface area contributed by atoms with Crippen molar-refractivity contribution in [3.8, 4) is 12.3 Å². The number of hydrogen-bond donors (Lipinski definition) is 2. The number of carboxylic acid groups (broad SMARTS) is 1. The summed E-state index contributed by atoms with van der Waals surface area (Å²) in [6.45, 7) is 1.97. The van der Waals surface area contributed by atoms with Crippen molar-refractivity contribution in [2.24, 2.45) is 17.8 Å². The number of carbonyl (C=O) groups is 2. The lowest BCUT2D eigenvalue weighted by molar-refractivity contribution is -0.145. The van der Waals surface area contributed by atoms with Gasteiger partial charge in [0, 0.05) is 11.3 Å². The summed E-state index contributed by atoms with van der Waals surface area (Å²) in [5, 5.41) is 12.0. The number of terminal acetylenes is 1. The van der Waals surface area contributed by atoms with Crippen molar-refractivity contribution in [1.29, 1.82) is 0 Å². The van der Waals surface area contributed by atoms with E-state index in [4.69, 9.17) is 6.42 Å². The molecule has 1 unspecified atom stereocenters. The van der Waals surface area contributed by atoms with E-state index < -0.39 is 17.8 Å². The summed E-state index contributed by atoms with van der Waals surface area (Å²) in [7, 11) is 0. The van der Waals surface area contributed by atoms with Crippen molar-refractivity contribution in [2.75, 3.05) is 5.32 Å². The zero-order valence-electron chi connectivity index (χ0n) is 11.3. The van der Waals surface area contributed by atoms with Gasteiger partial charge in [-0.3, -0.25) is 9.59 Å². The highest BCUT2D eigenvalue weighted by atomic mass is 16.4. The Morgan fingerprint density at radius 3 is 2.70 bits per heavy atom. The third kappa shape index (κ3) is 3.00. The highest BCUT2D eigenvalue weighted by Crippen LogP contribution is 2.37. The molecule has 4 heteroatoms. The summed E-state index contributed by atoms with van der Waals surface area (Å²) in [5.74, 6) is 0.545. The third-order valence-corrected chi connectivity index (χ3v) is 3.75. The SMILES string of the molecule is C#Cc1cccc(NC(=O)[C@H]2CC(C)C[C@H]2C(=O)O)c1. The number of anilines is 1. The van der Waals surface area contributed by atoms with Crippen molar-refractivity contribution in [2.45, 2.75) is 19.8 Å². The van der Waals surface area contributed by atoms with E-state index in [0.717, 1.165) is 0 Å². The van der Waals surface area contributed by atoms with Crippen LogP contribution < -0.4 is 5.32 Å². The largest absolute Gasteiger partial charge is 0.481 e. The predicted molar refractivity (Wildman–Crippen MR) is 76.0 cm³/mol. The molecular formula is C16H17NO3. The fourth-order valence-electron chi connectivity index (χ4n) is 2.78. The zero-order valence-corrected chi connectivity index (χ0v) is 11.3. The van der Waals surface area contributed by atoms with Crippen molar-refractivity contribution < 1.29 is 14.7 Å². The number of nitrogens with one attached hydrogen (secondary N) is 1. The van der Waals surface area contributed by atoms with E-state index in [-0.39, 0.29) is 11.8 Å². The molecule has 1 aliphatic rings. The fraction of sp³-hybridized carbons (Fsp3) is 0.375. The van der Waals surface area contributed by atoms with Gasteiger partial charge in [0.15, 0.2) is 0 Å². The molecule has 20 heavy (non-hydrogen) atoms. The van der Waals surface area contributed by atoms with Gasteiger partial charge < -0.3 is 10.4 Å². The number of benzene rings is 1. The lowest BCUT2D eigenvalue weighted by Gasteiger charge is -2.15. The number of hydrogen-bond acceptors (Lipinski definition) is 2. The maximum absolute atomic E-state index is 12.2. The molecule has 3 atom stereocenters. The Kier molecular flexibility index (Phi) is 4.09. The van der Waals surface area contributed by atoms with E-state index in [9.17, 15) is 14.7 Å². The van der Waals surface area contributed by atoms with E-state index in [0.29, 0.717) is 24.1 Å². The van der Waals surface area contributed by atoms with Crippen LogP contribution in [-0.4, -0.2) is 17.0 Å². The summed E-state index contributed by atoms with van der Waals surface area (Å²) < 4.78 is 0. The molecule has 0 spiro atoms. The van der Waals surface area contributed by atoms with Crippen LogP contribution in [0.1, 0.15) is 25.3 Å². The molecule has 0 aromatic heterocycles. The topological polar surface area (TPSA) is 66.4 Å². The molecule has 1 aromatic carbocycles. The Labute approximate surface area is 118 Å². The lowest BCUT2D eigenvalue weighted by Crippen LogP contribution is -2.30. The maximum atomic E-state index is 12.2. The van der Waals surface area contributed by atoms with Crippen LogP contribution in [-0.2, 0) is 9.59 Å². The van der Waals surface area contributed by atoms with Crippen molar-refractivity contribution in [1.82, 2.24) is 0 Å². The van der Waals surface area contributed by atoms with Crippen molar-refractivity contribution in [3.63, 3.8) is 0 Å². The van der Waals surface area contributed by atoms with Crippen LogP contribution >= 0.6 is 0 Å². The quantitative estimate of drug-likeness (QED) is 0.829.